The number of rotatable bonds is 2. The topological polar surface area (TPSA) is 51.4 Å². The Hall–Kier alpha value is -2.95. The third kappa shape index (κ3) is 3.05. The average molecular weight is 334 g/mol. The van der Waals surface area contributed by atoms with E-state index in [0.29, 0.717) is 0 Å². The number of aromatic amines is 1. The zero-order valence-corrected chi connectivity index (χ0v) is 14.3. The lowest BCUT2D eigenvalue weighted by molar-refractivity contribution is 0.208. The third-order valence-corrected chi connectivity index (χ3v) is 4.82. The van der Waals surface area contributed by atoms with Gasteiger partial charge in [-0.05, 0) is 36.8 Å². The maximum atomic E-state index is 12.4. The fourth-order valence-corrected chi connectivity index (χ4v) is 3.50. The normalized spacial score (nSPS) is 14.8. The number of aryl methyl sites for hydroxylation is 1. The van der Waals surface area contributed by atoms with Crippen LogP contribution in [0.3, 0.4) is 0 Å². The number of carbonyl (C=O) groups is 1. The minimum Gasteiger partial charge on any atom is -0.367 e. The van der Waals surface area contributed by atoms with Gasteiger partial charge < -0.3 is 20.1 Å². The number of piperazine rings is 1. The van der Waals surface area contributed by atoms with Gasteiger partial charge in [0.05, 0.1) is 0 Å². The number of H-pyrrole nitrogens is 1. The highest BCUT2D eigenvalue weighted by Crippen LogP contribution is 2.30. The van der Waals surface area contributed by atoms with Gasteiger partial charge in [-0.3, -0.25) is 0 Å². The SMILES string of the molecule is Cc1ccc2[nH]ccc2c1N1CCN(C(=O)Nc2ccccc2)CC1. The Morgan fingerprint density at radius 1 is 1.00 bits per heavy atom. The molecule has 128 valence electrons. The zero-order valence-electron chi connectivity index (χ0n) is 14.3. The van der Waals surface area contributed by atoms with Crippen molar-refractivity contribution in [2.45, 2.75) is 6.92 Å². The molecule has 5 heteroatoms. The van der Waals surface area contributed by atoms with Gasteiger partial charge in [-0.1, -0.05) is 24.3 Å². The molecule has 1 fully saturated rings. The number of benzene rings is 2. The summed E-state index contributed by atoms with van der Waals surface area (Å²) in [5.74, 6) is 0. The predicted octanol–water partition coefficient (Wildman–Crippen LogP) is 3.83. The molecule has 2 heterocycles. The molecule has 0 radical (unpaired) electrons. The quantitative estimate of drug-likeness (QED) is 0.748. The highest BCUT2D eigenvalue weighted by molar-refractivity contribution is 5.94. The number of aromatic nitrogens is 1. The molecule has 0 aliphatic carbocycles. The molecule has 4 rings (SSSR count). The summed E-state index contributed by atoms with van der Waals surface area (Å²) in [4.78, 5) is 20.0. The summed E-state index contributed by atoms with van der Waals surface area (Å²) in [7, 11) is 0. The second-order valence-electron chi connectivity index (χ2n) is 6.44. The fourth-order valence-electron chi connectivity index (χ4n) is 3.50. The second kappa shape index (κ2) is 6.51. The molecular formula is C20H22N4O. The molecule has 0 unspecified atom stereocenters. The number of nitrogens with zero attached hydrogens (tertiary/aromatic N) is 2. The zero-order chi connectivity index (χ0) is 17.2. The van der Waals surface area contributed by atoms with Gasteiger partial charge in [0, 0.05) is 54.7 Å². The Kier molecular flexibility index (Phi) is 4.06. The van der Waals surface area contributed by atoms with Crippen LogP contribution in [0.25, 0.3) is 10.9 Å². The smallest absolute Gasteiger partial charge is 0.321 e. The number of nitrogens with one attached hydrogen (secondary N) is 2. The Bertz CT molecular complexity index is 879. The van der Waals surface area contributed by atoms with Crippen molar-refractivity contribution in [3.8, 4) is 0 Å². The minimum atomic E-state index is -0.0255. The lowest BCUT2D eigenvalue weighted by Crippen LogP contribution is -2.50. The molecule has 1 saturated heterocycles. The van der Waals surface area contributed by atoms with Crippen molar-refractivity contribution in [3.05, 3.63) is 60.3 Å². The van der Waals surface area contributed by atoms with Crippen LogP contribution in [0.1, 0.15) is 5.56 Å². The van der Waals surface area contributed by atoms with Crippen molar-refractivity contribution in [1.29, 1.82) is 0 Å². The lowest BCUT2D eigenvalue weighted by Gasteiger charge is -2.37. The predicted molar refractivity (Wildman–Crippen MR) is 102 cm³/mol. The molecule has 1 aliphatic heterocycles. The van der Waals surface area contributed by atoms with E-state index >= 15 is 0 Å². The molecule has 2 amide bonds. The Balaban J connectivity index is 1.45. The maximum absolute atomic E-state index is 12.4. The van der Waals surface area contributed by atoms with Gasteiger partial charge in [0.15, 0.2) is 0 Å². The summed E-state index contributed by atoms with van der Waals surface area (Å²) in [6, 6.07) is 16.0. The number of para-hydroxylation sites is 1. The first-order valence-electron chi connectivity index (χ1n) is 8.65. The van der Waals surface area contributed by atoms with Crippen LogP contribution in [-0.4, -0.2) is 42.1 Å². The number of anilines is 2. The van der Waals surface area contributed by atoms with Crippen LogP contribution >= 0.6 is 0 Å². The van der Waals surface area contributed by atoms with Crippen LogP contribution in [0.2, 0.25) is 0 Å². The van der Waals surface area contributed by atoms with E-state index in [1.165, 1.54) is 16.6 Å². The van der Waals surface area contributed by atoms with Gasteiger partial charge in [0.2, 0.25) is 0 Å². The van der Waals surface area contributed by atoms with Crippen LogP contribution in [-0.2, 0) is 0 Å². The first-order valence-corrected chi connectivity index (χ1v) is 8.65. The van der Waals surface area contributed by atoms with Crippen molar-refractivity contribution >= 4 is 28.3 Å². The Morgan fingerprint density at radius 3 is 2.52 bits per heavy atom. The van der Waals surface area contributed by atoms with Crippen molar-refractivity contribution in [1.82, 2.24) is 9.88 Å². The standard InChI is InChI=1S/C20H22N4O/c1-15-7-8-18-17(9-10-21-18)19(15)23-11-13-24(14-12-23)20(25)22-16-5-3-2-4-6-16/h2-10,21H,11-14H2,1H3,(H,22,25). The number of urea groups is 1. The molecular weight excluding hydrogens is 312 g/mol. The van der Waals surface area contributed by atoms with Crippen molar-refractivity contribution in [2.75, 3.05) is 36.4 Å². The maximum Gasteiger partial charge on any atom is 0.321 e. The van der Waals surface area contributed by atoms with Crippen molar-refractivity contribution in [2.24, 2.45) is 0 Å². The highest BCUT2D eigenvalue weighted by atomic mass is 16.2. The average Bonchev–Trinajstić information content (AvgIpc) is 3.11. The van der Waals surface area contributed by atoms with Gasteiger partial charge in [0.1, 0.15) is 0 Å². The van der Waals surface area contributed by atoms with Gasteiger partial charge in [-0.15, -0.1) is 0 Å². The van der Waals surface area contributed by atoms with E-state index in [4.69, 9.17) is 0 Å². The number of fused-ring (bicyclic) bond motifs is 1. The summed E-state index contributed by atoms with van der Waals surface area (Å²) in [6.07, 6.45) is 1.98. The third-order valence-electron chi connectivity index (χ3n) is 4.82. The van der Waals surface area contributed by atoms with Crippen LogP contribution in [0.5, 0.6) is 0 Å². The molecule has 0 spiro atoms. The molecule has 2 N–H and O–H groups in total. The number of amides is 2. The van der Waals surface area contributed by atoms with E-state index in [2.05, 4.69) is 40.3 Å². The largest absolute Gasteiger partial charge is 0.367 e. The molecule has 0 saturated carbocycles. The van der Waals surface area contributed by atoms with E-state index < -0.39 is 0 Å². The van der Waals surface area contributed by atoms with E-state index in [-0.39, 0.29) is 6.03 Å². The van der Waals surface area contributed by atoms with Crippen molar-refractivity contribution in [3.63, 3.8) is 0 Å². The van der Waals surface area contributed by atoms with E-state index in [9.17, 15) is 4.79 Å². The monoisotopic (exact) mass is 334 g/mol. The summed E-state index contributed by atoms with van der Waals surface area (Å²) >= 11 is 0. The first-order chi connectivity index (χ1) is 12.2. The lowest BCUT2D eigenvalue weighted by atomic mass is 10.1. The summed E-state index contributed by atoms with van der Waals surface area (Å²) in [6.45, 7) is 5.27. The highest BCUT2D eigenvalue weighted by Gasteiger charge is 2.23. The summed E-state index contributed by atoms with van der Waals surface area (Å²) in [5.41, 5.74) is 4.55. The van der Waals surface area contributed by atoms with Gasteiger partial charge in [-0.2, -0.15) is 0 Å². The summed E-state index contributed by atoms with van der Waals surface area (Å²) in [5, 5.41) is 4.22. The Morgan fingerprint density at radius 2 is 1.76 bits per heavy atom. The van der Waals surface area contributed by atoms with Gasteiger partial charge in [0.25, 0.3) is 0 Å². The molecule has 2 aromatic carbocycles. The second-order valence-corrected chi connectivity index (χ2v) is 6.44. The molecule has 0 atom stereocenters. The number of hydrogen-bond acceptors (Lipinski definition) is 2. The Labute approximate surface area is 147 Å². The van der Waals surface area contributed by atoms with Crippen LogP contribution in [0.4, 0.5) is 16.2 Å². The van der Waals surface area contributed by atoms with E-state index in [0.717, 1.165) is 37.4 Å². The van der Waals surface area contributed by atoms with Crippen LogP contribution in [0, 0.1) is 6.92 Å². The minimum absolute atomic E-state index is 0.0255. The fraction of sp³-hybridized carbons (Fsp3) is 0.250. The van der Waals surface area contributed by atoms with Gasteiger partial charge >= 0.3 is 6.03 Å². The van der Waals surface area contributed by atoms with Crippen LogP contribution in [0.15, 0.2) is 54.7 Å². The van der Waals surface area contributed by atoms with Crippen molar-refractivity contribution < 1.29 is 4.79 Å². The van der Waals surface area contributed by atoms with Gasteiger partial charge in [-0.25, -0.2) is 4.79 Å². The first kappa shape index (κ1) is 15.6. The molecule has 1 aromatic heterocycles. The van der Waals surface area contributed by atoms with E-state index in [1.54, 1.807) is 0 Å². The molecule has 0 bridgehead atoms. The number of carbonyl (C=O) groups excluding carboxylic acids is 1. The molecule has 3 aromatic rings. The summed E-state index contributed by atoms with van der Waals surface area (Å²) < 4.78 is 0. The molecule has 25 heavy (non-hydrogen) atoms. The van der Waals surface area contributed by atoms with Crippen LogP contribution < -0.4 is 10.2 Å². The number of hydrogen-bond donors (Lipinski definition) is 2. The molecule has 1 aliphatic rings. The van der Waals surface area contributed by atoms with E-state index in [1.807, 2.05) is 41.4 Å². The molecule has 5 nitrogen and oxygen atoms in total.